The topological polar surface area (TPSA) is 54.4 Å². The zero-order valence-electron chi connectivity index (χ0n) is 11.6. The Morgan fingerprint density at radius 1 is 1.21 bits per heavy atom. The molecule has 5 heteroatoms. The molecule has 0 saturated carbocycles. The SMILES string of the molecule is CC(C)(C)S(=O)(=O)CCC(CO)c1ccc(F)cc1. The van der Waals surface area contributed by atoms with Crippen LogP contribution in [0.15, 0.2) is 24.3 Å². The minimum absolute atomic E-state index is 0.0130. The van der Waals surface area contributed by atoms with Crippen LogP contribution in [-0.4, -0.2) is 30.6 Å². The Balaban J connectivity index is 2.77. The van der Waals surface area contributed by atoms with E-state index in [4.69, 9.17) is 0 Å². The number of hydrogen-bond donors (Lipinski definition) is 1. The maximum Gasteiger partial charge on any atom is 0.155 e. The third-order valence-corrected chi connectivity index (χ3v) is 5.87. The molecule has 0 saturated heterocycles. The van der Waals surface area contributed by atoms with Crippen LogP contribution in [0.3, 0.4) is 0 Å². The Morgan fingerprint density at radius 3 is 2.16 bits per heavy atom. The number of aliphatic hydroxyl groups is 1. The molecule has 1 unspecified atom stereocenters. The molecule has 0 aliphatic heterocycles. The maximum absolute atomic E-state index is 12.8. The van der Waals surface area contributed by atoms with Gasteiger partial charge in [-0.2, -0.15) is 0 Å². The van der Waals surface area contributed by atoms with Crippen molar-refractivity contribution >= 4 is 9.84 Å². The number of aliphatic hydroxyl groups excluding tert-OH is 1. The summed E-state index contributed by atoms with van der Waals surface area (Å²) in [4.78, 5) is 0. The molecule has 0 spiro atoms. The Hall–Kier alpha value is -0.940. The molecule has 0 aromatic heterocycles. The highest BCUT2D eigenvalue weighted by Gasteiger charge is 2.29. The van der Waals surface area contributed by atoms with Crippen LogP contribution in [0.2, 0.25) is 0 Å². The predicted octanol–water partition coefficient (Wildman–Crippen LogP) is 2.51. The van der Waals surface area contributed by atoms with E-state index in [2.05, 4.69) is 0 Å². The molecule has 0 fully saturated rings. The molecule has 0 radical (unpaired) electrons. The van der Waals surface area contributed by atoms with Crippen LogP contribution in [0.5, 0.6) is 0 Å². The first-order chi connectivity index (χ1) is 8.67. The minimum Gasteiger partial charge on any atom is -0.396 e. The molecule has 1 aromatic rings. The second kappa shape index (κ2) is 6.01. The van der Waals surface area contributed by atoms with Gasteiger partial charge in [0.1, 0.15) is 5.82 Å². The van der Waals surface area contributed by atoms with E-state index in [1.165, 1.54) is 12.1 Å². The fourth-order valence-corrected chi connectivity index (χ4v) is 2.91. The average Bonchev–Trinajstić information content (AvgIpc) is 2.30. The smallest absolute Gasteiger partial charge is 0.155 e. The molecule has 0 amide bonds. The van der Waals surface area contributed by atoms with Crippen molar-refractivity contribution in [1.82, 2.24) is 0 Å². The van der Waals surface area contributed by atoms with Gasteiger partial charge in [0.15, 0.2) is 9.84 Å². The molecule has 1 aromatic carbocycles. The second-order valence-electron chi connectivity index (χ2n) is 5.65. The van der Waals surface area contributed by atoms with Crippen molar-refractivity contribution in [2.75, 3.05) is 12.4 Å². The van der Waals surface area contributed by atoms with Crippen molar-refractivity contribution in [1.29, 1.82) is 0 Å². The summed E-state index contributed by atoms with van der Waals surface area (Å²) in [6, 6.07) is 5.80. The monoisotopic (exact) mass is 288 g/mol. The van der Waals surface area contributed by atoms with Crippen LogP contribution in [0.25, 0.3) is 0 Å². The molecule has 0 bridgehead atoms. The normalized spacial score (nSPS) is 14.4. The Kier molecular flexibility index (Phi) is 5.10. The molecule has 0 aliphatic rings. The number of halogens is 1. The van der Waals surface area contributed by atoms with Gasteiger partial charge in [-0.3, -0.25) is 0 Å². The third kappa shape index (κ3) is 4.28. The lowest BCUT2D eigenvalue weighted by Gasteiger charge is -2.21. The molecule has 1 rings (SSSR count). The summed E-state index contributed by atoms with van der Waals surface area (Å²) < 4.78 is 36.1. The van der Waals surface area contributed by atoms with E-state index in [1.807, 2.05) is 0 Å². The number of hydrogen-bond acceptors (Lipinski definition) is 3. The fourth-order valence-electron chi connectivity index (χ4n) is 1.70. The average molecular weight is 288 g/mol. The van der Waals surface area contributed by atoms with E-state index < -0.39 is 14.6 Å². The van der Waals surface area contributed by atoms with Gasteiger partial charge >= 0.3 is 0 Å². The summed E-state index contributed by atoms with van der Waals surface area (Å²) in [7, 11) is -3.20. The summed E-state index contributed by atoms with van der Waals surface area (Å²) in [6.07, 6.45) is 0.335. The van der Waals surface area contributed by atoms with Gasteiger partial charge in [-0.25, -0.2) is 12.8 Å². The highest BCUT2D eigenvalue weighted by atomic mass is 32.2. The van der Waals surface area contributed by atoms with E-state index in [0.717, 1.165) is 5.56 Å². The lowest BCUT2D eigenvalue weighted by atomic mass is 9.97. The van der Waals surface area contributed by atoms with Crippen LogP contribution in [0.4, 0.5) is 4.39 Å². The standard InChI is InChI=1S/C14H21FO3S/c1-14(2,3)19(17,18)9-8-12(10-16)11-4-6-13(15)7-5-11/h4-7,12,16H,8-10H2,1-3H3. The summed E-state index contributed by atoms with van der Waals surface area (Å²) in [5.74, 6) is -0.612. The molecule has 19 heavy (non-hydrogen) atoms. The first kappa shape index (κ1) is 16.1. The Bertz CT molecular complexity index is 500. The summed E-state index contributed by atoms with van der Waals surface area (Å²) in [5.41, 5.74) is 0.757. The number of sulfone groups is 1. The van der Waals surface area contributed by atoms with Gasteiger partial charge in [-0.05, 0) is 44.9 Å². The summed E-state index contributed by atoms with van der Waals surface area (Å²) in [5, 5.41) is 9.36. The summed E-state index contributed by atoms with van der Waals surface area (Å²) in [6.45, 7) is 4.84. The Morgan fingerprint density at radius 2 is 1.74 bits per heavy atom. The van der Waals surface area contributed by atoms with Gasteiger partial charge in [0.25, 0.3) is 0 Å². The van der Waals surface area contributed by atoms with E-state index in [1.54, 1.807) is 32.9 Å². The van der Waals surface area contributed by atoms with Crippen LogP contribution < -0.4 is 0 Å². The van der Waals surface area contributed by atoms with E-state index in [0.29, 0.717) is 6.42 Å². The van der Waals surface area contributed by atoms with Crippen LogP contribution in [-0.2, 0) is 9.84 Å². The third-order valence-electron chi connectivity index (χ3n) is 3.23. The lowest BCUT2D eigenvalue weighted by Crippen LogP contribution is -2.31. The predicted molar refractivity (Wildman–Crippen MR) is 74.4 cm³/mol. The molecule has 1 atom stereocenters. The number of rotatable bonds is 5. The van der Waals surface area contributed by atoms with E-state index >= 15 is 0 Å². The number of benzene rings is 1. The maximum atomic E-state index is 12.8. The molecule has 0 aliphatic carbocycles. The molecule has 3 nitrogen and oxygen atoms in total. The van der Waals surface area contributed by atoms with Gasteiger partial charge in [-0.15, -0.1) is 0 Å². The lowest BCUT2D eigenvalue weighted by molar-refractivity contribution is 0.262. The zero-order chi connectivity index (χ0) is 14.7. The molecule has 1 N–H and O–H groups in total. The van der Waals surface area contributed by atoms with Crippen LogP contribution in [0, 0.1) is 5.82 Å². The highest BCUT2D eigenvalue weighted by molar-refractivity contribution is 7.92. The van der Waals surface area contributed by atoms with Crippen LogP contribution >= 0.6 is 0 Å². The van der Waals surface area contributed by atoms with Crippen molar-refractivity contribution in [3.8, 4) is 0 Å². The van der Waals surface area contributed by atoms with Gasteiger partial charge in [0.2, 0.25) is 0 Å². The quantitative estimate of drug-likeness (QED) is 0.905. The van der Waals surface area contributed by atoms with Gasteiger partial charge in [0.05, 0.1) is 10.5 Å². The largest absolute Gasteiger partial charge is 0.396 e. The minimum atomic E-state index is -3.20. The second-order valence-corrected chi connectivity index (χ2v) is 8.51. The van der Waals surface area contributed by atoms with Crippen molar-refractivity contribution < 1.29 is 17.9 Å². The van der Waals surface area contributed by atoms with Crippen LogP contribution in [0.1, 0.15) is 38.7 Å². The molecular formula is C14H21FO3S. The van der Waals surface area contributed by atoms with Crippen molar-refractivity contribution in [3.05, 3.63) is 35.6 Å². The van der Waals surface area contributed by atoms with Gasteiger partial charge < -0.3 is 5.11 Å². The zero-order valence-corrected chi connectivity index (χ0v) is 12.4. The van der Waals surface area contributed by atoms with Crippen molar-refractivity contribution in [2.45, 2.75) is 37.9 Å². The first-order valence-electron chi connectivity index (χ1n) is 6.26. The van der Waals surface area contributed by atoms with Gasteiger partial charge in [-0.1, -0.05) is 12.1 Å². The fraction of sp³-hybridized carbons (Fsp3) is 0.571. The first-order valence-corrected chi connectivity index (χ1v) is 7.91. The van der Waals surface area contributed by atoms with Crippen molar-refractivity contribution in [3.63, 3.8) is 0 Å². The Labute approximate surface area is 114 Å². The summed E-state index contributed by atoms with van der Waals surface area (Å²) >= 11 is 0. The highest BCUT2D eigenvalue weighted by Crippen LogP contribution is 2.24. The van der Waals surface area contributed by atoms with Crippen molar-refractivity contribution in [2.24, 2.45) is 0 Å². The van der Waals surface area contributed by atoms with E-state index in [-0.39, 0.29) is 24.1 Å². The molecular weight excluding hydrogens is 267 g/mol. The van der Waals surface area contributed by atoms with E-state index in [9.17, 15) is 17.9 Å². The molecule has 108 valence electrons. The van der Waals surface area contributed by atoms with Gasteiger partial charge in [0, 0.05) is 12.5 Å². The molecule has 0 heterocycles.